The summed E-state index contributed by atoms with van der Waals surface area (Å²) in [6, 6.07) is 10.5. The highest BCUT2D eigenvalue weighted by Gasteiger charge is 2.60. The minimum atomic E-state index is -0.443. The number of rotatable bonds is 5. The number of ether oxygens (including phenoxy) is 2. The van der Waals surface area contributed by atoms with Gasteiger partial charge in [0, 0.05) is 31.3 Å². The van der Waals surface area contributed by atoms with E-state index >= 15 is 0 Å². The van der Waals surface area contributed by atoms with Crippen LogP contribution in [0.1, 0.15) is 51.0 Å². The van der Waals surface area contributed by atoms with Crippen LogP contribution < -0.4 is 5.32 Å². The summed E-state index contributed by atoms with van der Waals surface area (Å²) in [5, 5.41) is 3.43. The van der Waals surface area contributed by atoms with E-state index < -0.39 is 5.41 Å². The van der Waals surface area contributed by atoms with Crippen LogP contribution in [0, 0.1) is 5.41 Å². The van der Waals surface area contributed by atoms with Crippen molar-refractivity contribution in [1.82, 2.24) is 5.32 Å². The fourth-order valence-electron chi connectivity index (χ4n) is 5.06. The molecule has 4 rings (SSSR count). The molecule has 0 unspecified atom stereocenters. The van der Waals surface area contributed by atoms with Gasteiger partial charge in [-0.05, 0) is 44.6 Å². The molecule has 25 heavy (non-hydrogen) atoms. The van der Waals surface area contributed by atoms with Crippen LogP contribution in [-0.2, 0) is 19.7 Å². The second-order valence-corrected chi connectivity index (χ2v) is 7.85. The predicted octanol–water partition coefficient (Wildman–Crippen LogP) is 3.20. The van der Waals surface area contributed by atoms with E-state index in [-0.39, 0.29) is 17.4 Å². The largest absolute Gasteiger partial charge is 0.381 e. The lowest BCUT2D eigenvalue weighted by Gasteiger charge is -2.61. The molecule has 2 atom stereocenters. The molecule has 0 radical (unpaired) electrons. The number of nitrogens with one attached hydrogen (secondary N) is 1. The van der Waals surface area contributed by atoms with Crippen molar-refractivity contribution in [2.24, 2.45) is 5.41 Å². The molecular formula is C21H29NO3. The van der Waals surface area contributed by atoms with E-state index in [0.717, 1.165) is 31.4 Å². The molecule has 0 bridgehead atoms. The average Bonchev–Trinajstić information content (AvgIpc) is 2.60. The number of hydrogen-bond acceptors (Lipinski definition) is 3. The van der Waals surface area contributed by atoms with E-state index in [4.69, 9.17) is 9.47 Å². The summed E-state index contributed by atoms with van der Waals surface area (Å²) in [6.07, 6.45) is 6.44. The summed E-state index contributed by atoms with van der Waals surface area (Å²) in [7, 11) is 0. The number of benzene rings is 1. The SMILES string of the molecule is CCO[C@@H]1C[C@H](NC(=O)C2(c3ccccc3)CCOCC2)C12CCC2. The quantitative estimate of drug-likeness (QED) is 0.893. The lowest BCUT2D eigenvalue weighted by molar-refractivity contribution is -0.178. The number of carbonyl (C=O) groups is 1. The Hall–Kier alpha value is -1.39. The van der Waals surface area contributed by atoms with Gasteiger partial charge in [0.05, 0.1) is 11.5 Å². The number of carbonyl (C=O) groups excluding carboxylic acids is 1. The molecule has 2 saturated carbocycles. The minimum absolute atomic E-state index is 0.188. The van der Waals surface area contributed by atoms with E-state index in [9.17, 15) is 4.79 Å². The highest BCUT2D eigenvalue weighted by atomic mass is 16.5. The molecule has 1 aromatic rings. The zero-order chi connectivity index (χ0) is 17.3. The molecule has 0 aromatic heterocycles. The fraction of sp³-hybridized carbons (Fsp3) is 0.667. The normalized spacial score (nSPS) is 29.5. The summed E-state index contributed by atoms with van der Waals surface area (Å²) in [5.41, 5.74) is 0.884. The highest BCUT2D eigenvalue weighted by Crippen LogP contribution is 2.57. The minimum Gasteiger partial charge on any atom is -0.381 e. The van der Waals surface area contributed by atoms with E-state index in [1.807, 2.05) is 18.2 Å². The van der Waals surface area contributed by atoms with Crippen molar-refractivity contribution < 1.29 is 14.3 Å². The van der Waals surface area contributed by atoms with Crippen LogP contribution in [0.15, 0.2) is 30.3 Å². The standard InChI is InChI=1S/C21H29NO3/c1-2-25-18-15-17(21(18)9-6-10-21)22-19(23)20(11-13-24-14-12-20)16-7-4-3-5-8-16/h3-5,7-8,17-18H,2,6,9-15H2,1H3,(H,22,23)/t17-,18+/m0/s1. The fourth-order valence-corrected chi connectivity index (χ4v) is 5.06. The predicted molar refractivity (Wildman–Crippen MR) is 96.4 cm³/mol. The number of amides is 1. The summed E-state index contributed by atoms with van der Waals surface area (Å²) in [5.74, 6) is 0.188. The van der Waals surface area contributed by atoms with E-state index in [1.165, 1.54) is 19.3 Å². The van der Waals surface area contributed by atoms with Crippen LogP contribution >= 0.6 is 0 Å². The van der Waals surface area contributed by atoms with Gasteiger partial charge in [-0.2, -0.15) is 0 Å². The van der Waals surface area contributed by atoms with Gasteiger partial charge in [-0.15, -0.1) is 0 Å². The molecule has 1 spiro atoms. The van der Waals surface area contributed by atoms with Crippen molar-refractivity contribution in [3.63, 3.8) is 0 Å². The molecule has 1 aliphatic heterocycles. The van der Waals surface area contributed by atoms with Crippen LogP contribution in [0.2, 0.25) is 0 Å². The van der Waals surface area contributed by atoms with Crippen LogP contribution in [-0.4, -0.2) is 37.9 Å². The Bertz CT molecular complexity index is 605. The van der Waals surface area contributed by atoms with Gasteiger partial charge in [0.25, 0.3) is 0 Å². The smallest absolute Gasteiger partial charge is 0.231 e. The van der Waals surface area contributed by atoms with Gasteiger partial charge < -0.3 is 14.8 Å². The summed E-state index contributed by atoms with van der Waals surface area (Å²) in [4.78, 5) is 13.4. The average molecular weight is 343 g/mol. The van der Waals surface area contributed by atoms with E-state index in [1.54, 1.807) is 0 Å². The summed E-state index contributed by atoms with van der Waals surface area (Å²) >= 11 is 0. The third-order valence-corrected chi connectivity index (χ3v) is 6.85. The molecule has 1 aromatic carbocycles. The topological polar surface area (TPSA) is 47.6 Å². The van der Waals surface area contributed by atoms with Gasteiger partial charge >= 0.3 is 0 Å². The third kappa shape index (κ3) is 2.70. The molecule has 1 heterocycles. The molecule has 4 nitrogen and oxygen atoms in total. The maximum Gasteiger partial charge on any atom is 0.231 e. The van der Waals surface area contributed by atoms with Crippen LogP contribution in [0.25, 0.3) is 0 Å². The Balaban J connectivity index is 1.52. The van der Waals surface area contributed by atoms with Crippen molar-refractivity contribution >= 4 is 5.91 Å². The van der Waals surface area contributed by atoms with Gasteiger partial charge in [0.2, 0.25) is 5.91 Å². The van der Waals surface area contributed by atoms with E-state index in [0.29, 0.717) is 19.3 Å². The Morgan fingerprint density at radius 1 is 1.20 bits per heavy atom. The van der Waals surface area contributed by atoms with Crippen molar-refractivity contribution in [2.75, 3.05) is 19.8 Å². The first-order valence-electron chi connectivity index (χ1n) is 9.77. The molecule has 2 aliphatic carbocycles. The summed E-state index contributed by atoms with van der Waals surface area (Å²) in [6.45, 7) is 4.13. The first-order chi connectivity index (χ1) is 12.2. The van der Waals surface area contributed by atoms with Crippen LogP contribution in [0.4, 0.5) is 0 Å². The van der Waals surface area contributed by atoms with Gasteiger partial charge in [-0.3, -0.25) is 4.79 Å². The summed E-state index contributed by atoms with van der Waals surface area (Å²) < 4.78 is 11.5. The zero-order valence-electron chi connectivity index (χ0n) is 15.1. The Labute approximate surface area is 150 Å². The molecule has 136 valence electrons. The van der Waals surface area contributed by atoms with Crippen molar-refractivity contribution in [1.29, 1.82) is 0 Å². The zero-order valence-corrected chi connectivity index (χ0v) is 15.1. The lowest BCUT2D eigenvalue weighted by Crippen LogP contribution is -2.69. The van der Waals surface area contributed by atoms with Crippen molar-refractivity contribution in [3.8, 4) is 0 Å². The Morgan fingerprint density at radius 2 is 1.92 bits per heavy atom. The van der Waals surface area contributed by atoms with Gasteiger partial charge in [-0.1, -0.05) is 36.8 Å². The van der Waals surface area contributed by atoms with Gasteiger partial charge in [0.15, 0.2) is 0 Å². The molecular weight excluding hydrogens is 314 g/mol. The molecule has 3 aliphatic rings. The van der Waals surface area contributed by atoms with Gasteiger partial charge in [0.1, 0.15) is 0 Å². The second kappa shape index (κ2) is 6.73. The Morgan fingerprint density at radius 3 is 2.52 bits per heavy atom. The van der Waals surface area contributed by atoms with Crippen LogP contribution in [0.5, 0.6) is 0 Å². The molecule has 3 fully saturated rings. The maximum absolute atomic E-state index is 13.4. The molecule has 1 amide bonds. The first-order valence-corrected chi connectivity index (χ1v) is 9.77. The maximum atomic E-state index is 13.4. The van der Waals surface area contributed by atoms with Crippen molar-refractivity contribution in [2.45, 2.75) is 63.0 Å². The Kier molecular flexibility index (Phi) is 4.59. The second-order valence-electron chi connectivity index (χ2n) is 7.85. The lowest BCUT2D eigenvalue weighted by atomic mass is 9.50. The van der Waals surface area contributed by atoms with Gasteiger partial charge in [-0.25, -0.2) is 0 Å². The molecule has 4 heteroatoms. The molecule has 1 N–H and O–H groups in total. The van der Waals surface area contributed by atoms with Crippen LogP contribution in [0.3, 0.4) is 0 Å². The highest BCUT2D eigenvalue weighted by molar-refractivity contribution is 5.88. The third-order valence-electron chi connectivity index (χ3n) is 6.85. The van der Waals surface area contributed by atoms with Crippen molar-refractivity contribution in [3.05, 3.63) is 35.9 Å². The first kappa shape index (κ1) is 17.0. The number of hydrogen-bond donors (Lipinski definition) is 1. The van der Waals surface area contributed by atoms with E-state index in [2.05, 4.69) is 24.4 Å². The monoisotopic (exact) mass is 343 g/mol. The molecule has 1 saturated heterocycles.